The minimum Gasteiger partial charge on any atom is -0.497 e. The number of aliphatic hydroxyl groups is 1. The molecule has 0 aliphatic carbocycles. The van der Waals surface area contributed by atoms with E-state index in [1.165, 1.54) is 13.2 Å². The predicted molar refractivity (Wildman–Crippen MR) is 115 cm³/mol. The van der Waals surface area contributed by atoms with Gasteiger partial charge in [-0.1, -0.05) is 6.07 Å². The van der Waals surface area contributed by atoms with Crippen LogP contribution in [0.15, 0.2) is 41.4 Å². The van der Waals surface area contributed by atoms with Crippen LogP contribution in [0.1, 0.15) is 24.2 Å². The Morgan fingerprint density at radius 3 is 2.40 bits per heavy atom. The maximum Gasteiger partial charge on any atom is 0.194 e. The number of nitrogens with zero attached hydrogens (tertiary/aromatic N) is 2. The summed E-state index contributed by atoms with van der Waals surface area (Å²) in [6, 6.07) is 10.1. The fourth-order valence-electron chi connectivity index (χ4n) is 3.00. The minimum absolute atomic E-state index is 0.118. The summed E-state index contributed by atoms with van der Waals surface area (Å²) in [5, 5.41) is 13.9. The number of benzene rings is 2. The molecular formula is C22H30FN3O4. The van der Waals surface area contributed by atoms with Crippen molar-refractivity contribution in [3.63, 3.8) is 0 Å². The summed E-state index contributed by atoms with van der Waals surface area (Å²) in [7, 11) is 6.40. The van der Waals surface area contributed by atoms with Gasteiger partial charge in [-0.15, -0.1) is 0 Å². The van der Waals surface area contributed by atoms with Gasteiger partial charge in [-0.05, 0) is 42.8 Å². The quantitative estimate of drug-likeness (QED) is 0.481. The highest BCUT2D eigenvalue weighted by Gasteiger charge is 2.16. The van der Waals surface area contributed by atoms with Crippen molar-refractivity contribution in [2.45, 2.75) is 19.6 Å². The Hall–Kier alpha value is -3.00. The van der Waals surface area contributed by atoms with Crippen LogP contribution in [-0.4, -0.2) is 57.4 Å². The highest BCUT2D eigenvalue weighted by molar-refractivity contribution is 5.79. The summed E-state index contributed by atoms with van der Waals surface area (Å²) in [5.74, 6) is 1.57. The Kier molecular flexibility index (Phi) is 8.73. The van der Waals surface area contributed by atoms with Crippen molar-refractivity contribution in [1.82, 2.24) is 10.2 Å². The summed E-state index contributed by atoms with van der Waals surface area (Å²) in [6.07, 6.45) is -0.879. The molecule has 0 aliphatic heterocycles. The van der Waals surface area contributed by atoms with Gasteiger partial charge in [-0.3, -0.25) is 4.99 Å². The molecule has 7 nitrogen and oxygen atoms in total. The molecule has 0 aliphatic rings. The Morgan fingerprint density at radius 2 is 1.80 bits per heavy atom. The molecular weight excluding hydrogens is 389 g/mol. The highest BCUT2D eigenvalue weighted by Crippen LogP contribution is 2.29. The zero-order valence-corrected chi connectivity index (χ0v) is 18.1. The van der Waals surface area contributed by atoms with Crippen LogP contribution >= 0.6 is 0 Å². The lowest BCUT2D eigenvalue weighted by Crippen LogP contribution is -2.38. The van der Waals surface area contributed by atoms with Gasteiger partial charge < -0.3 is 29.5 Å². The number of guanidine groups is 1. The Morgan fingerprint density at radius 1 is 1.10 bits per heavy atom. The Balaban J connectivity index is 2.15. The van der Waals surface area contributed by atoms with Crippen molar-refractivity contribution < 1.29 is 23.7 Å². The number of rotatable bonds is 9. The van der Waals surface area contributed by atoms with E-state index in [2.05, 4.69) is 10.3 Å². The van der Waals surface area contributed by atoms with Crippen LogP contribution < -0.4 is 19.5 Å². The van der Waals surface area contributed by atoms with Crippen molar-refractivity contribution >= 4 is 5.96 Å². The van der Waals surface area contributed by atoms with E-state index >= 15 is 0 Å². The maximum absolute atomic E-state index is 14.0. The average molecular weight is 419 g/mol. The summed E-state index contributed by atoms with van der Waals surface area (Å²) in [5.41, 5.74) is 1.37. The van der Waals surface area contributed by atoms with Crippen molar-refractivity contribution in [3.05, 3.63) is 53.3 Å². The van der Waals surface area contributed by atoms with Gasteiger partial charge in [0.05, 0.1) is 27.9 Å². The fourth-order valence-corrected chi connectivity index (χ4v) is 3.00. The van der Waals surface area contributed by atoms with Crippen molar-refractivity contribution in [2.75, 3.05) is 41.5 Å². The molecule has 0 spiro atoms. The van der Waals surface area contributed by atoms with Crippen molar-refractivity contribution in [3.8, 4) is 17.2 Å². The van der Waals surface area contributed by atoms with Crippen LogP contribution in [0.4, 0.5) is 4.39 Å². The zero-order chi connectivity index (χ0) is 22.1. The van der Waals surface area contributed by atoms with E-state index in [4.69, 9.17) is 14.2 Å². The van der Waals surface area contributed by atoms with Crippen LogP contribution in [-0.2, 0) is 6.54 Å². The SMILES string of the molecule is CCNC(=NCC(O)c1cc(OC)ccc1OC)N(C)Cc1ccc(OC)c(F)c1. The number of hydrogen-bond acceptors (Lipinski definition) is 5. The Labute approximate surface area is 177 Å². The van der Waals surface area contributed by atoms with E-state index in [1.54, 1.807) is 44.6 Å². The monoisotopic (exact) mass is 419 g/mol. The number of nitrogens with one attached hydrogen (secondary N) is 1. The van der Waals surface area contributed by atoms with Gasteiger partial charge >= 0.3 is 0 Å². The van der Waals surface area contributed by atoms with Crippen LogP contribution in [0.5, 0.6) is 17.2 Å². The number of aliphatic imine (C=N–C) groups is 1. The predicted octanol–water partition coefficient (Wildman–Crippen LogP) is 2.98. The molecule has 1 atom stereocenters. The molecule has 0 radical (unpaired) electrons. The topological polar surface area (TPSA) is 75.6 Å². The molecule has 30 heavy (non-hydrogen) atoms. The molecule has 0 fully saturated rings. The molecule has 0 heterocycles. The molecule has 2 N–H and O–H groups in total. The lowest BCUT2D eigenvalue weighted by molar-refractivity contribution is 0.181. The van der Waals surface area contributed by atoms with Gasteiger partial charge in [0.2, 0.25) is 0 Å². The number of aliphatic hydroxyl groups excluding tert-OH is 1. The third-order valence-electron chi connectivity index (χ3n) is 4.54. The van der Waals surface area contributed by atoms with E-state index in [0.29, 0.717) is 36.1 Å². The third kappa shape index (κ3) is 6.00. The van der Waals surface area contributed by atoms with Gasteiger partial charge in [-0.2, -0.15) is 0 Å². The molecule has 0 saturated heterocycles. The summed E-state index contributed by atoms with van der Waals surface area (Å²) >= 11 is 0. The normalized spacial score (nSPS) is 12.3. The second kappa shape index (κ2) is 11.3. The summed E-state index contributed by atoms with van der Waals surface area (Å²) in [6.45, 7) is 3.16. The Bertz CT molecular complexity index is 860. The molecule has 164 valence electrons. The van der Waals surface area contributed by atoms with Crippen LogP contribution in [0.25, 0.3) is 0 Å². The lowest BCUT2D eigenvalue weighted by atomic mass is 10.1. The third-order valence-corrected chi connectivity index (χ3v) is 4.54. The molecule has 0 amide bonds. The number of halogens is 1. The van der Waals surface area contributed by atoms with E-state index in [9.17, 15) is 9.50 Å². The lowest BCUT2D eigenvalue weighted by Gasteiger charge is -2.23. The number of methoxy groups -OCH3 is 3. The largest absolute Gasteiger partial charge is 0.497 e. The van der Waals surface area contributed by atoms with Crippen LogP contribution in [0.3, 0.4) is 0 Å². The standard InChI is InChI=1S/C22H30FN3O4/c1-6-24-22(26(2)14-15-7-9-21(30-5)18(23)11-15)25-13-19(27)17-12-16(28-3)8-10-20(17)29-4/h7-12,19,27H,6,13-14H2,1-5H3,(H,24,25). The smallest absolute Gasteiger partial charge is 0.194 e. The molecule has 8 heteroatoms. The average Bonchev–Trinajstić information content (AvgIpc) is 2.75. The van der Waals surface area contributed by atoms with Crippen molar-refractivity contribution in [1.29, 1.82) is 0 Å². The number of ether oxygens (including phenoxy) is 3. The summed E-state index contributed by atoms with van der Waals surface area (Å²) in [4.78, 5) is 6.40. The fraction of sp³-hybridized carbons (Fsp3) is 0.409. The first-order chi connectivity index (χ1) is 14.4. The second-order valence-electron chi connectivity index (χ2n) is 6.64. The first-order valence-electron chi connectivity index (χ1n) is 9.65. The van der Waals surface area contributed by atoms with E-state index in [-0.39, 0.29) is 12.3 Å². The van der Waals surface area contributed by atoms with Gasteiger partial charge in [0, 0.05) is 25.7 Å². The van der Waals surface area contributed by atoms with Gasteiger partial charge in [-0.25, -0.2) is 4.39 Å². The van der Waals surface area contributed by atoms with E-state index in [0.717, 1.165) is 5.56 Å². The maximum atomic E-state index is 14.0. The molecule has 1 unspecified atom stereocenters. The first-order valence-corrected chi connectivity index (χ1v) is 9.65. The number of hydrogen-bond donors (Lipinski definition) is 2. The van der Waals surface area contributed by atoms with Crippen molar-refractivity contribution in [2.24, 2.45) is 4.99 Å². The van der Waals surface area contributed by atoms with E-state index in [1.807, 2.05) is 18.9 Å². The molecule has 0 aromatic heterocycles. The van der Waals surface area contributed by atoms with Crippen LogP contribution in [0, 0.1) is 5.82 Å². The van der Waals surface area contributed by atoms with Gasteiger partial charge in [0.25, 0.3) is 0 Å². The first kappa shape index (κ1) is 23.3. The zero-order valence-electron chi connectivity index (χ0n) is 18.1. The van der Waals surface area contributed by atoms with Gasteiger partial charge in [0.1, 0.15) is 17.6 Å². The van der Waals surface area contributed by atoms with Gasteiger partial charge in [0.15, 0.2) is 17.5 Å². The van der Waals surface area contributed by atoms with Crippen LogP contribution in [0.2, 0.25) is 0 Å². The second-order valence-corrected chi connectivity index (χ2v) is 6.64. The molecule has 2 aromatic rings. The molecule has 0 saturated carbocycles. The molecule has 0 bridgehead atoms. The molecule has 2 rings (SSSR count). The van der Waals surface area contributed by atoms with E-state index < -0.39 is 11.9 Å². The summed E-state index contributed by atoms with van der Waals surface area (Å²) < 4.78 is 29.5. The highest BCUT2D eigenvalue weighted by atomic mass is 19.1. The minimum atomic E-state index is -0.879. The molecule has 2 aromatic carbocycles.